The highest BCUT2D eigenvalue weighted by molar-refractivity contribution is 7.09. The van der Waals surface area contributed by atoms with Gasteiger partial charge < -0.3 is 14.8 Å². The predicted molar refractivity (Wildman–Crippen MR) is 68.3 cm³/mol. The van der Waals surface area contributed by atoms with Crippen LogP contribution in [0.1, 0.15) is 24.5 Å². The van der Waals surface area contributed by atoms with E-state index in [4.69, 9.17) is 9.47 Å². The third kappa shape index (κ3) is 4.03. The quantitative estimate of drug-likeness (QED) is 0.891. The van der Waals surface area contributed by atoms with Crippen molar-refractivity contribution in [1.29, 1.82) is 0 Å². The summed E-state index contributed by atoms with van der Waals surface area (Å²) in [6.07, 6.45) is 0.971. The summed E-state index contributed by atoms with van der Waals surface area (Å²) in [6.45, 7) is 8.26. The standard InChI is InChI=1S/C12H20N2O2S/c1-9-8-17-11(14-9)4-5-13-10-6-15-12(2,3)16-7-10/h8,10,13H,4-7H2,1-3H3. The molecule has 1 saturated heterocycles. The van der Waals surface area contributed by atoms with Crippen LogP contribution in [0.15, 0.2) is 5.38 Å². The third-order valence-electron chi connectivity index (χ3n) is 2.70. The smallest absolute Gasteiger partial charge is 0.162 e. The molecule has 1 aromatic rings. The van der Waals surface area contributed by atoms with Crippen molar-refractivity contribution >= 4 is 11.3 Å². The first-order chi connectivity index (χ1) is 8.05. The Bertz CT molecular complexity index is 355. The molecular formula is C12H20N2O2S. The van der Waals surface area contributed by atoms with E-state index in [9.17, 15) is 0 Å². The molecule has 4 nitrogen and oxygen atoms in total. The highest BCUT2D eigenvalue weighted by Gasteiger charge is 2.27. The van der Waals surface area contributed by atoms with Gasteiger partial charge in [-0.2, -0.15) is 0 Å². The molecule has 0 radical (unpaired) electrons. The number of rotatable bonds is 4. The fourth-order valence-electron chi connectivity index (χ4n) is 1.71. The van der Waals surface area contributed by atoms with E-state index in [0.29, 0.717) is 19.3 Å². The Morgan fingerprint density at radius 2 is 2.18 bits per heavy atom. The maximum atomic E-state index is 5.59. The van der Waals surface area contributed by atoms with Crippen molar-refractivity contribution in [3.8, 4) is 0 Å². The zero-order valence-corrected chi connectivity index (χ0v) is 11.5. The molecule has 2 rings (SSSR count). The molecule has 0 unspecified atom stereocenters. The van der Waals surface area contributed by atoms with Gasteiger partial charge in [-0.25, -0.2) is 4.98 Å². The molecule has 0 bridgehead atoms. The second-order valence-electron chi connectivity index (χ2n) is 4.81. The van der Waals surface area contributed by atoms with E-state index in [0.717, 1.165) is 18.7 Å². The van der Waals surface area contributed by atoms with Gasteiger partial charge in [-0.3, -0.25) is 0 Å². The topological polar surface area (TPSA) is 43.4 Å². The molecule has 1 fully saturated rings. The summed E-state index contributed by atoms with van der Waals surface area (Å²) in [4.78, 5) is 4.43. The van der Waals surface area contributed by atoms with Gasteiger partial charge in [0.2, 0.25) is 0 Å². The van der Waals surface area contributed by atoms with Crippen LogP contribution in [0, 0.1) is 6.92 Å². The van der Waals surface area contributed by atoms with Gasteiger partial charge in [0.25, 0.3) is 0 Å². The Kier molecular flexibility index (Phi) is 4.14. The molecule has 1 aliphatic heterocycles. The molecule has 0 spiro atoms. The molecule has 1 aliphatic rings. The molecule has 96 valence electrons. The number of ether oxygens (including phenoxy) is 2. The molecule has 0 amide bonds. The van der Waals surface area contributed by atoms with Gasteiger partial charge in [-0.1, -0.05) is 0 Å². The lowest BCUT2D eigenvalue weighted by molar-refractivity contribution is -0.252. The van der Waals surface area contributed by atoms with E-state index in [1.807, 2.05) is 20.8 Å². The summed E-state index contributed by atoms with van der Waals surface area (Å²) in [5, 5.41) is 6.71. The minimum atomic E-state index is -0.426. The zero-order chi connectivity index (χ0) is 12.3. The van der Waals surface area contributed by atoms with Crippen LogP contribution in [0.25, 0.3) is 0 Å². The number of aromatic nitrogens is 1. The van der Waals surface area contributed by atoms with Crippen LogP contribution in [0.4, 0.5) is 0 Å². The Balaban J connectivity index is 1.66. The van der Waals surface area contributed by atoms with Crippen molar-refractivity contribution in [3.05, 3.63) is 16.1 Å². The first-order valence-corrected chi connectivity index (χ1v) is 6.85. The van der Waals surface area contributed by atoms with Gasteiger partial charge in [0.15, 0.2) is 5.79 Å². The molecule has 1 aromatic heterocycles. The van der Waals surface area contributed by atoms with Crippen LogP contribution in [0.2, 0.25) is 0 Å². The Labute approximate surface area is 106 Å². The van der Waals surface area contributed by atoms with Crippen LogP contribution in [-0.2, 0) is 15.9 Å². The van der Waals surface area contributed by atoms with Gasteiger partial charge in [0.1, 0.15) is 0 Å². The molecule has 0 aromatic carbocycles. The van der Waals surface area contributed by atoms with Crippen LogP contribution in [0.3, 0.4) is 0 Å². The largest absolute Gasteiger partial charge is 0.349 e. The first kappa shape index (κ1) is 13.0. The lowest BCUT2D eigenvalue weighted by atomic mass is 10.2. The van der Waals surface area contributed by atoms with Crippen LogP contribution in [-0.4, -0.2) is 36.6 Å². The molecule has 5 heteroatoms. The summed E-state index contributed by atoms with van der Waals surface area (Å²) in [7, 11) is 0. The number of nitrogens with zero attached hydrogens (tertiary/aromatic N) is 1. The van der Waals surface area contributed by atoms with Crippen molar-refractivity contribution in [1.82, 2.24) is 10.3 Å². The minimum Gasteiger partial charge on any atom is -0.349 e. The number of hydrogen-bond acceptors (Lipinski definition) is 5. The Morgan fingerprint density at radius 1 is 1.47 bits per heavy atom. The average Bonchev–Trinajstić information content (AvgIpc) is 2.67. The number of nitrogens with one attached hydrogen (secondary N) is 1. The van der Waals surface area contributed by atoms with Crippen LogP contribution in [0.5, 0.6) is 0 Å². The first-order valence-electron chi connectivity index (χ1n) is 5.97. The van der Waals surface area contributed by atoms with Gasteiger partial charge >= 0.3 is 0 Å². The molecule has 2 heterocycles. The Hall–Kier alpha value is -0.490. The van der Waals surface area contributed by atoms with Gasteiger partial charge in [-0.05, 0) is 20.8 Å². The van der Waals surface area contributed by atoms with Crippen molar-refractivity contribution in [2.24, 2.45) is 0 Å². The summed E-state index contributed by atoms with van der Waals surface area (Å²) in [5.74, 6) is -0.426. The van der Waals surface area contributed by atoms with Crippen molar-refractivity contribution in [3.63, 3.8) is 0 Å². The number of hydrogen-bond donors (Lipinski definition) is 1. The van der Waals surface area contributed by atoms with E-state index in [1.165, 1.54) is 5.01 Å². The van der Waals surface area contributed by atoms with E-state index in [-0.39, 0.29) is 0 Å². The van der Waals surface area contributed by atoms with Crippen LogP contribution >= 0.6 is 11.3 Å². The van der Waals surface area contributed by atoms with Crippen molar-refractivity contribution in [2.75, 3.05) is 19.8 Å². The second kappa shape index (κ2) is 5.44. The normalized spacial score (nSPS) is 20.6. The summed E-state index contributed by atoms with van der Waals surface area (Å²) < 4.78 is 11.2. The Morgan fingerprint density at radius 3 is 2.76 bits per heavy atom. The maximum Gasteiger partial charge on any atom is 0.162 e. The summed E-state index contributed by atoms with van der Waals surface area (Å²) >= 11 is 1.72. The minimum absolute atomic E-state index is 0.295. The van der Waals surface area contributed by atoms with E-state index < -0.39 is 5.79 Å². The maximum absolute atomic E-state index is 5.59. The monoisotopic (exact) mass is 256 g/mol. The fourth-order valence-corrected chi connectivity index (χ4v) is 2.49. The molecule has 0 saturated carbocycles. The molecular weight excluding hydrogens is 236 g/mol. The van der Waals surface area contributed by atoms with Crippen molar-refractivity contribution in [2.45, 2.75) is 39.0 Å². The third-order valence-corrected chi connectivity index (χ3v) is 3.73. The number of thiazole rings is 1. The van der Waals surface area contributed by atoms with E-state index >= 15 is 0 Å². The molecule has 0 aliphatic carbocycles. The van der Waals surface area contributed by atoms with E-state index in [1.54, 1.807) is 11.3 Å². The summed E-state index contributed by atoms with van der Waals surface area (Å²) in [6, 6.07) is 0.295. The van der Waals surface area contributed by atoms with Crippen LogP contribution < -0.4 is 5.32 Å². The van der Waals surface area contributed by atoms with Crippen molar-refractivity contribution < 1.29 is 9.47 Å². The second-order valence-corrected chi connectivity index (χ2v) is 5.75. The highest BCUT2D eigenvalue weighted by Crippen LogP contribution is 2.17. The van der Waals surface area contributed by atoms with E-state index in [2.05, 4.69) is 15.7 Å². The molecule has 17 heavy (non-hydrogen) atoms. The van der Waals surface area contributed by atoms with Gasteiger partial charge in [-0.15, -0.1) is 11.3 Å². The SMILES string of the molecule is Cc1csc(CCNC2COC(C)(C)OC2)n1. The lowest BCUT2D eigenvalue weighted by Gasteiger charge is -2.35. The van der Waals surface area contributed by atoms with Gasteiger partial charge in [0, 0.05) is 24.0 Å². The highest BCUT2D eigenvalue weighted by atomic mass is 32.1. The number of aryl methyl sites for hydroxylation is 1. The average molecular weight is 256 g/mol. The fraction of sp³-hybridized carbons (Fsp3) is 0.750. The predicted octanol–water partition coefficient (Wildman–Crippen LogP) is 1.74. The van der Waals surface area contributed by atoms with Gasteiger partial charge in [0.05, 0.1) is 24.3 Å². The molecule has 1 N–H and O–H groups in total. The summed E-state index contributed by atoms with van der Waals surface area (Å²) in [5.41, 5.74) is 1.11. The lowest BCUT2D eigenvalue weighted by Crippen LogP contribution is -2.48. The molecule has 0 atom stereocenters. The zero-order valence-electron chi connectivity index (χ0n) is 10.7.